The lowest BCUT2D eigenvalue weighted by atomic mass is 10.0. The number of amides is 1. The smallest absolute Gasteiger partial charge is 0.311 e. The van der Waals surface area contributed by atoms with Crippen LogP contribution in [0.4, 0.5) is 15.8 Å². The normalized spacial score (nSPS) is 11.9. The molecular formula is C9H9FN4O5. The summed E-state index contributed by atoms with van der Waals surface area (Å²) in [4.78, 5) is 30.0. The van der Waals surface area contributed by atoms with Crippen LogP contribution in [0.15, 0.2) is 12.1 Å². The Balaban J connectivity index is 3.31. The Morgan fingerprint density at radius 3 is 2.21 bits per heavy atom. The summed E-state index contributed by atoms with van der Waals surface area (Å²) in [5, 5.41) is 21.2. The van der Waals surface area contributed by atoms with Crippen LogP contribution >= 0.6 is 0 Å². The zero-order valence-electron chi connectivity index (χ0n) is 9.41. The summed E-state index contributed by atoms with van der Waals surface area (Å²) >= 11 is 0. The van der Waals surface area contributed by atoms with Gasteiger partial charge >= 0.3 is 5.69 Å². The van der Waals surface area contributed by atoms with E-state index in [0.29, 0.717) is 12.1 Å². The van der Waals surface area contributed by atoms with Crippen molar-refractivity contribution in [3.8, 4) is 0 Å². The summed E-state index contributed by atoms with van der Waals surface area (Å²) in [5.74, 6) is -2.17. The molecule has 1 atom stereocenters. The van der Waals surface area contributed by atoms with E-state index >= 15 is 0 Å². The highest BCUT2D eigenvalue weighted by Crippen LogP contribution is 2.28. The molecule has 0 aliphatic rings. The van der Waals surface area contributed by atoms with E-state index < -0.39 is 39.0 Å². The Hall–Kier alpha value is -2.62. The molecule has 10 heteroatoms. The van der Waals surface area contributed by atoms with Crippen molar-refractivity contribution in [2.24, 2.45) is 11.5 Å². The van der Waals surface area contributed by atoms with Crippen LogP contribution in [0.25, 0.3) is 0 Å². The van der Waals surface area contributed by atoms with Crippen molar-refractivity contribution in [1.29, 1.82) is 0 Å². The molecule has 1 amide bonds. The number of nitro benzene ring substituents is 2. The van der Waals surface area contributed by atoms with E-state index in [1.807, 2.05) is 0 Å². The molecule has 9 nitrogen and oxygen atoms in total. The van der Waals surface area contributed by atoms with E-state index in [4.69, 9.17) is 11.5 Å². The van der Waals surface area contributed by atoms with Crippen LogP contribution in [-0.4, -0.2) is 21.8 Å². The fourth-order valence-corrected chi connectivity index (χ4v) is 1.40. The molecule has 4 N–H and O–H groups in total. The number of nitrogens with two attached hydrogens (primary N) is 2. The largest absolute Gasteiger partial charge is 0.368 e. The van der Waals surface area contributed by atoms with Gasteiger partial charge in [0.2, 0.25) is 11.7 Å². The first-order chi connectivity index (χ1) is 8.73. The van der Waals surface area contributed by atoms with Crippen LogP contribution < -0.4 is 11.5 Å². The van der Waals surface area contributed by atoms with Crippen LogP contribution in [0.2, 0.25) is 0 Å². The van der Waals surface area contributed by atoms with Crippen molar-refractivity contribution in [2.75, 3.05) is 0 Å². The van der Waals surface area contributed by atoms with Gasteiger partial charge in [-0.2, -0.15) is 4.39 Å². The lowest BCUT2D eigenvalue weighted by Gasteiger charge is -2.08. The average Bonchev–Trinajstić information content (AvgIpc) is 2.27. The minimum atomic E-state index is -1.25. The van der Waals surface area contributed by atoms with Crippen molar-refractivity contribution in [3.05, 3.63) is 43.7 Å². The second kappa shape index (κ2) is 5.35. The Bertz CT molecular complexity index is 562. The topological polar surface area (TPSA) is 155 Å². The molecule has 0 radical (unpaired) electrons. The van der Waals surface area contributed by atoms with E-state index in [2.05, 4.69) is 0 Å². The average molecular weight is 272 g/mol. The number of carbonyl (C=O) groups is 1. The van der Waals surface area contributed by atoms with Gasteiger partial charge in [0.1, 0.15) is 0 Å². The molecule has 1 rings (SSSR count). The van der Waals surface area contributed by atoms with Crippen LogP contribution in [-0.2, 0) is 11.2 Å². The van der Waals surface area contributed by atoms with Crippen molar-refractivity contribution >= 4 is 17.3 Å². The molecule has 0 aliphatic heterocycles. The Kier molecular flexibility index (Phi) is 4.07. The summed E-state index contributed by atoms with van der Waals surface area (Å²) in [6.45, 7) is 0. The highest BCUT2D eigenvalue weighted by atomic mass is 19.1. The summed E-state index contributed by atoms with van der Waals surface area (Å²) < 4.78 is 13.4. The van der Waals surface area contributed by atoms with Crippen molar-refractivity contribution in [1.82, 2.24) is 0 Å². The van der Waals surface area contributed by atoms with Gasteiger partial charge in [-0.15, -0.1) is 0 Å². The molecule has 0 aliphatic carbocycles. The Morgan fingerprint density at radius 1 is 1.26 bits per heavy atom. The molecule has 0 heterocycles. The zero-order chi connectivity index (χ0) is 14.7. The maximum atomic E-state index is 13.4. The third-order valence-electron chi connectivity index (χ3n) is 2.35. The molecule has 0 saturated carbocycles. The molecule has 19 heavy (non-hydrogen) atoms. The monoisotopic (exact) mass is 272 g/mol. The molecule has 0 bridgehead atoms. The van der Waals surface area contributed by atoms with Gasteiger partial charge in [-0.25, -0.2) is 0 Å². The Morgan fingerprint density at radius 2 is 1.79 bits per heavy atom. The first-order valence-corrected chi connectivity index (χ1v) is 4.90. The van der Waals surface area contributed by atoms with Crippen LogP contribution in [0.1, 0.15) is 5.56 Å². The summed E-state index contributed by atoms with van der Waals surface area (Å²) in [7, 11) is 0. The van der Waals surface area contributed by atoms with Gasteiger partial charge in [0, 0.05) is 12.0 Å². The van der Waals surface area contributed by atoms with Gasteiger partial charge in [-0.05, 0) is 6.07 Å². The molecular weight excluding hydrogens is 263 g/mol. The number of rotatable bonds is 5. The lowest BCUT2D eigenvalue weighted by molar-refractivity contribution is -0.396. The molecule has 0 spiro atoms. The van der Waals surface area contributed by atoms with E-state index in [1.165, 1.54) is 0 Å². The fourth-order valence-electron chi connectivity index (χ4n) is 1.40. The fraction of sp³-hybridized carbons (Fsp3) is 0.222. The maximum absolute atomic E-state index is 13.4. The molecule has 1 aromatic carbocycles. The maximum Gasteiger partial charge on any atom is 0.311 e. The third kappa shape index (κ3) is 3.19. The van der Waals surface area contributed by atoms with E-state index in [9.17, 15) is 29.4 Å². The van der Waals surface area contributed by atoms with Crippen LogP contribution in [0.5, 0.6) is 0 Å². The molecule has 0 fully saturated rings. The van der Waals surface area contributed by atoms with Gasteiger partial charge in [0.05, 0.1) is 22.0 Å². The van der Waals surface area contributed by atoms with Gasteiger partial charge in [0.15, 0.2) is 0 Å². The quantitative estimate of drug-likeness (QED) is 0.567. The Labute approximate surface area is 105 Å². The first-order valence-electron chi connectivity index (χ1n) is 4.90. The second-order valence-corrected chi connectivity index (χ2v) is 3.66. The van der Waals surface area contributed by atoms with Gasteiger partial charge in [0.25, 0.3) is 5.69 Å². The SMILES string of the molecule is NC(=O)C(N)Cc1cc(F)c([N+](=O)[O-])cc1[N+](=O)[O-]. The number of carbonyl (C=O) groups excluding carboxylic acids is 1. The number of halogens is 1. The number of nitro groups is 2. The summed E-state index contributed by atoms with van der Waals surface area (Å²) in [5.41, 5.74) is 8.25. The number of hydrogen-bond donors (Lipinski definition) is 2. The van der Waals surface area contributed by atoms with Crippen molar-refractivity contribution in [2.45, 2.75) is 12.5 Å². The van der Waals surface area contributed by atoms with E-state index in [1.54, 1.807) is 0 Å². The summed E-state index contributed by atoms with van der Waals surface area (Å²) in [6, 6.07) is -0.156. The first kappa shape index (κ1) is 14.4. The molecule has 1 aromatic rings. The minimum absolute atomic E-state index is 0.237. The number of primary amides is 1. The van der Waals surface area contributed by atoms with Crippen molar-refractivity contribution in [3.63, 3.8) is 0 Å². The van der Waals surface area contributed by atoms with Gasteiger partial charge in [-0.1, -0.05) is 0 Å². The van der Waals surface area contributed by atoms with E-state index in [0.717, 1.165) is 0 Å². The number of benzene rings is 1. The predicted octanol–water partition coefficient (Wildman–Crippen LogP) is -0.00280. The van der Waals surface area contributed by atoms with E-state index in [-0.39, 0.29) is 12.0 Å². The molecule has 0 aromatic heterocycles. The van der Waals surface area contributed by atoms with Crippen LogP contribution in [0, 0.1) is 26.0 Å². The second-order valence-electron chi connectivity index (χ2n) is 3.66. The minimum Gasteiger partial charge on any atom is -0.368 e. The van der Waals surface area contributed by atoms with Crippen LogP contribution in [0.3, 0.4) is 0 Å². The zero-order valence-corrected chi connectivity index (χ0v) is 9.41. The summed E-state index contributed by atoms with van der Waals surface area (Å²) in [6.07, 6.45) is -0.388. The molecule has 0 saturated heterocycles. The number of nitrogens with zero attached hydrogens (tertiary/aromatic N) is 2. The highest BCUT2D eigenvalue weighted by Gasteiger charge is 2.26. The lowest BCUT2D eigenvalue weighted by Crippen LogP contribution is -2.38. The van der Waals surface area contributed by atoms with Gasteiger partial charge in [-0.3, -0.25) is 25.0 Å². The highest BCUT2D eigenvalue weighted by molar-refractivity contribution is 5.80. The molecule has 1 unspecified atom stereocenters. The predicted molar refractivity (Wildman–Crippen MR) is 60.6 cm³/mol. The third-order valence-corrected chi connectivity index (χ3v) is 2.35. The molecule has 102 valence electrons. The van der Waals surface area contributed by atoms with Gasteiger partial charge < -0.3 is 11.5 Å². The van der Waals surface area contributed by atoms with Crippen molar-refractivity contribution < 1.29 is 19.0 Å². The number of hydrogen-bond acceptors (Lipinski definition) is 6. The standard InChI is InChI=1S/C9H9FN4O5/c10-5-1-4(2-6(11)9(12)15)7(13(16)17)3-8(5)14(18)19/h1,3,6H,2,11H2,(H2,12,15).